The first-order valence-corrected chi connectivity index (χ1v) is 12.2. The molecule has 212 valence electrons. The Morgan fingerprint density at radius 1 is 0.769 bits per heavy atom. The fraction of sp³-hybridized carbons (Fsp3) is 0.407. The van der Waals surface area contributed by atoms with E-state index in [4.69, 9.17) is 34.2 Å². The molecule has 0 aliphatic carbocycles. The normalized spacial score (nSPS) is 13.1. The maximum atomic E-state index is 12.2. The lowest BCUT2D eigenvalue weighted by atomic mass is 9.82. The topological polar surface area (TPSA) is 170 Å². The molecule has 0 aliphatic rings. The van der Waals surface area contributed by atoms with Gasteiger partial charge in [0.05, 0.1) is 18.8 Å². The van der Waals surface area contributed by atoms with Gasteiger partial charge in [0.2, 0.25) is 0 Å². The highest BCUT2D eigenvalue weighted by atomic mass is 16.8. The van der Waals surface area contributed by atoms with E-state index < -0.39 is 54.5 Å². The van der Waals surface area contributed by atoms with Crippen LogP contribution in [0, 0.1) is 5.92 Å². The predicted octanol–water partition coefficient (Wildman–Crippen LogP) is 4.88. The molecule has 0 amide bonds. The fourth-order valence-corrected chi connectivity index (χ4v) is 3.47. The quantitative estimate of drug-likeness (QED) is 0.222. The van der Waals surface area contributed by atoms with Crippen LogP contribution in [-0.2, 0) is 19.0 Å². The summed E-state index contributed by atoms with van der Waals surface area (Å²) in [6.45, 7) is 7.85. The number of carboxylic acids is 1. The molecule has 12 heteroatoms. The summed E-state index contributed by atoms with van der Waals surface area (Å²) in [5.74, 6) is -3.04. The van der Waals surface area contributed by atoms with Crippen molar-refractivity contribution in [2.45, 2.75) is 58.8 Å². The average Bonchev–Trinajstić information content (AvgIpc) is 2.84. The van der Waals surface area contributed by atoms with Crippen molar-refractivity contribution in [2.75, 3.05) is 6.61 Å². The lowest BCUT2D eigenvalue weighted by Crippen LogP contribution is -2.40. The summed E-state index contributed by atoms with van der Waals surface area (Å²) < 4.78 is 30.7. The SMILES string of the molecule is CC(C)OC(=O)Oc1ccc(C(C(C)COC(=O)Oc2ccccc2)[C@H](N)C(=O)O)cc1OC(=O)OC(C)C. The van der Waals surface area contributed by atoms with Gasteiger partial charge >= 0.3 is 24.4 Å². The molecule has 39 heavy (non-hydrogen) atoms. The highest BCUT2D eigenvalue weighted by molar-refractivity contribution is 5.75. The molecule has 0 aliphatic heterocycles. The Bertz CT molecular complexity index is 1130. The Hall–Kier alpha value is -4.32. The van der Waals surface area contributed by atoms with E-state index in [0.717, 1.165) is 0 Å². The molecule has 0 heterocycles. The number of carbonyl (C=O) groups is 4. The maximum Gasteiger partial charge on any atom is 0.514 e. The second-order valence-corrected chi connectivity index (χ2v) is 9.09. The van der Waals surface area contributed by atoms with Crippen molar-refractivity contribution in [3.63, 3.8) is 0 Å². The van der Waals surface area contributed by atoms with Gasteiger partial charge in [0.15, 0.2) is 11.5 Å². The van der Waals surface area contributed by atoms with E-state index in [0.29, 0.717) is 5.56 Å². The molecule has 2 aromatic rings. The van der Waals surface area contributed by atoms with Crippen LogP contribution < -0.4 is 19.9 Å². The molecular formula is C27H33NO11. The number of hydrogen-bond acceptors (Lipinski definition) is 11. The summed E-state index contributed by atoms with van der Waals surface area (Å²) >= 11 is 0. The van der Waals surface area contributed by atoms with Crippen molar-refractivity contribution in [2.24, 2.45) is 11.7 Å². The van der Waals surface area contributed by atoms with Crippen LogP contribution in [0.2, 0.25) is 0 Å². The summed E-state index contributed by atoms with van der Waals surface area (Å²) in [5.41, 5.74) is 6.31. The van der Waals surface area contributed by atoms with E-state index in [1.54, 1.807) is 65.0 Å². The minimum atomic E-state index is -1.44. The Morgan fingerprint density at radius 3 is 1.87 bits per heavy atom. The largest absolute Gasteiger partial charge is 0.514 e. The van der Waals surface area contributed by atoms with Crippen molar-refractivity contribution < 1.29 is 52.7 Å². The van der Waals surface area contributed by atoms with Gasteiger partial charge in [0, 0.05) is 5.92 Å². The third kappa shape index (κ3) is 10.2. The molecule has 3 atom stereocenters. The van der Waals surface area contributed by atoms with Crippen LogP contribution >= 0.6 is 0 Å². The molecule has 3 N–H and O–H groups in total. The number of nitrogens with two attached hydrogens (primary N) is 1. The molecule has 0 saturated heterocycles. The van der Waals surface area contributed by atoms with Gasteiger partial charge in [0.1, 0.15) is 11.8 Å². The molecule has 0 spiro atoms. The lowest BCUT2D eigenvalue weighted by Gasteiger charge is -2.28. The van der Waals surface area contributed by atoms with Gasteiger partial charge in [0.25, 0.3) is 0 Å². The van der Waals surface area contributed by atoms with Gasteiger partial charge < -0.3 is 39.3 Å². The highest BCUT2D eigenvalue weighted by Crippen LogP contribution is 2.36. The summed E-state index contributed by atoms with van der Waals surface area (Å²) in [5, 5.41) is 9.66. The second-order valence-electron chi connectivity index (χ2n) is 9.09. The molecule has 0 radical (unpaired) electrons. The molecule has 0 bridgehead atoms. The number of rotatable bonds is 11. The smallest absolute Gasteiger partial charge is 0.480 e. The van der Waals surface area contributed by atoms with Crippen LogP contribution in [-0.4, -0.2) is 54.4 Å². The van der Waals surface area contributed by atoms with Gasteiger partial charge in [-0.05, 0) is 63.4 Å². The lowest BCUT2D eigenvalue weighted by molar-refractivity contribution is -0.139. The van der Waals surface area contributed by atoms with E-state index in [-0.39, 0.29) is 23.9 Å². The van der Waals surface area contributed by atoms with Gasteiger partial charge in [-0.3, -0.25) is 4.79 Å². The summed E-state index contributed by atoms with van der Waals surface area (Å²) in [6.07, 6.45) is -4.08. The Morgan fingerprint density at radius 2 is 1.33 bits per heavy atom. The van der Waals surface area contributed by atoms with E-state index in [1.807, 2.05) is 0 Å². The minimum absolute atomic E-state index is 0.178. The monoisotopic (exact) mass is 547 g/mol. The van der Waals surface area contributed by atoms with Crippen LogP contribution in [0.3, 0.4) is 0 Å². The molecule has 0 fully saturated rings. The van der Waals surface area contributed by atoms with E-state index >= 15 is 0 Å². The second kappa shape index (κ2) is 14.6. The molecule has 12 nitrogen and oxygen atoms in total. The van der Waals surface area contributed by atoms with Crippen LogP contribution in [0.15, 0.2) is 48.5 Å². The number of aliphatic carboxylic acids is 1. The fourth-order valence-electron chi connectivity index (χ4n) is 3.47. The molecular weight excluding hydrogens is 514 g/mol. The number of ether oxygens (including phenoxy) is 6. The predicted molar refractivity (Wildman–Crippen MR) is 137 cm³/mol. The Labute approximate surface area is 225 Å². The van der Waals surface area contributed by atoms with Crippen LogP contribution in [0.4, 0.5) is 14.4 Å². The maximum absolute atomic E-state index is 12.2. The average molecular weight is 548 g/mol. The first kappa shape index (κ1) is 30.9. The number of benzene rings is 2. The van der Waals surface area contributed by atoms with E-state index in [1.165, 1.54) is 18.2 Å². The first-order valence-electron chi connectivity index (χ1n) is 12.2. The number of hydrogen-bond donors (Lipinski definition) is 2. The van der Waals surface area contributed by atoms with Crippen molar-refractivity contribution >= 4 is 24.4 Å². The van der Waals surface area contributed by atoms with Crippen molar-refractivity contribution in [1.29, 1.82) is 0 Å². The molecule has 2 rings (SSSR count). The van der Waals surface area contributed by atoms with E-state index in [2.05, 4.69) is 0 Å². The van der Waals surface area contributed by atoms with Gasteiger partial charge in [-0.2, -0.15) is 0 Å². The standard InChI is InChI=1S/C27H33NO11/c1-15(2)35-26(32)38-20-12-11-18(13-21(20)39-27(33)36-16(3)4)22(23(28)24(29)30)17(5)14-34-25(31)37-19-9-7-6-8-10-19/h6-13,15-17,22-23H,14,28H2,1-5H3,(H,29,30)/t17?,22?,23-/m0/s1. The zero-order chi connectivity index (χ0) is 29.1. The Kier molecular flexibility index (Phi) is 11.5. The van der Waals surface area contributed by atoms with Crippen molar-refractivity contribution in [1.82, 2.24) is 0 Å². The highest BCUT2D eigenvalue weighted by Gasteiger charge is 2.33. The third-order valence-electron chi connectivity index (χ3n) is 5.10. The zero-order valence-electron chi connectivity index (χ0n) is 22.3. The van der Waals surface area contributed by atoms with Crippen molar-refractivity contribution in [3.05, 3.63) is 54.1 Å². The summed E-state index contributed by atoms with van der Waals surface area (Å²) in [4.78, 5) is 48.3. The third-order valence-corrected chi connectivity index (χ3v) is 5.10. The summed E-state index contributed by atoms with van der Waals surface area (Å²) in [6, 6.07) is 10.9. The number of para-hydroxylation sites is 1. The molecule has 0 saturated carbocycles. The molecule has 2 unspecified atom stereocenters. The van der Waals surface area contributed by atoms with Gasteiger partial charge in [-0.1, -0.05) is 31.2 Å². The Balaban J connectivity index is 2.32. The molecule has 2 aromatic carbocycles. The number of carbonyl (C=O) groups excluding carboxylic acids is 3. The van der Waals surface area contributed by atoms with Gasteiger partial charge in [-0.25, -0.2) is 14.4 Å². The van der Waals surface area contributed by atoms with Crippen LogP contribution in [0.1, 0.15) is 46.1 Å². The number of carboxylic acid groups (broad SMARTS) is 1. The van der Waals surface area contributed by atoms with Gasteiger partial charge in [-0.15, -0.1) is 0 Å². The zero-order valence-corrected chi connectivity index (χ0v) is 22.3. The van der Waals surface area contributed by atoms with Crippen LogP contribution in [0.5, 0.6) is 17.2 Å². The van der Waals surface area contributed by atoms with Crippen molar-refractivity contribution in [3.8, 4) is 17.2 Å². The minimum Gasteiger partial charge on any atom is -0.480 e. The first-order chi connectivity index (χ1) is 18.4. The summed E-state index contributed by atoms with van der Waals surface area (Å²) in [7, 11) is 0. The van der Waals surface area contributed by atoms with E-state index in [9.17, 15) is 24.3 Å². The van der Waals surface area contributed by atoms with Crippen LogP contribution in [0.25, 0.3) is 0 Å². The molecule has 0 aromatic heterocycles.